The standard InChI is InChI=1S/C42H48N8O6/c1-24(2)36(48(4)42(54)55)40(52)50-19-7-9-35(50)38-43-22-32(46-38)27-12-10-26(11-13-27)28-14-15-30-21-31(17-16-29(30)20-28)33-23-44-37(47-33)34-8-6-18-49(34)39(51)25(3)45-41(53)56-5/h10-17,20-25,34-36H,6-9,18-19H2,1-5H3,(H,43,46)(H,44,47)(H,45,53)(H,54,55)/t25-,34-,35-,36-/m0/s1. The van der Waals surface area contributed by atoms with Crippen molar-refractivity contribution in [2.75, 3.05) is 27.2 Å². The second-order valence-electron chi connectivity index (χ2n) is 15.0. The number of likely N-dealkylation sites (N-methyl/N-ethyl adjacent to an activating group) is 1. The molecule has 0 aliphatic carbocycles. The van der Waals surface area contributed by atoms with Crippen molar-refractivity contribution in [3.63, 3.8) is 0 Å². The van der Waals surface area contributed by atoms with Crippen LogP contribution in [-0.2, 0) is 14.3 Å². The molecule has 0 bridgehead atoms. The van der Waals surface area contributed by atoms with Crippen molar-refractivity contribution in [3.8, 4) is 33.6 Å². The number of hydrogen-bond donors (Lipinski definition) is 4. The fraction of sp³-hybridized carbons (Fsp3) is 0.381. The predicted molar refractivity (Wildman–Crippen MR) is 211 cm³/mol. The Morgan fingerprint density at radius 1 is 0.839 bits per heavy atom. The summed E-state index contributed by atoms with van der Waals surface area (Å²) in [6.45, 7) is 6.53. The van der Waals surface area contributed by atoms with Crippen LogP contribution < -0.4 is 5.32 Å². The van der Waals surface area contributed by atoms with E-state index in [0.717, 1.165) is 80.8 Å². The average molecular weight is 761 g/mol. The molecule has 2 saturated heterocycles. The van der Waals surface area contributed by atoms with Crippen LogP contribution in [0.3, 0.4) is 0 Å². The Balaban J connectivity index is 1.03. The van der Waals surface area contributed by atoms with Crippen molar-refractivity contribution < 1.29 is 29.0 Å². The normalized spacial score (nSPS) is 18.0. The zero-order valence-electron chi connectivity index (χ0n) is 32.3. The number of hydrogen-bond acceptors (Lipinski definition) is 7. The molecule has 2 aromatic heterocycles. The van der Waals surface area contributed by atoms with Crippen molar-refractivity contribution in [1.29, 1.82) is 0 Å². The quantitative estimate of drug-likeness (QED) is 0.118. The molecule has 14 heteroatoms. The number of likely N-dealkylation sites (tertiary alicyclic amines) is 2. The van der Waals surface area contributed by atoms with Gasteiger partial charge in [0.1, 0.15) is 23.7 Å². The second kappa shape index (κ2) is 15.9. The Morgan fingerprint density at radius 2 is 1.43 bits per heavy atom. The molecule has 0 radical (unpaired) electrons. The lowest BCUT2D eigenvalue weighted by atomic mass is 9.98. The molecule has 0 spiro atoms. The number of fused-ring (bicyclic) bond motifs is 1. The Kier molecular flexibility index (Phi) is 10.8. The number of amides is 4. The van der Waals surface area contributed by atoms with Crippen LogP contribution in [0.2, 0.25) is 0 Å². The maximum atomic E-state index is 13.6. The van der Waals surface area contributed by atoms with Gasteiger partial charge < -0.3 is 34.9 Å². The largest absolute Gasteiger partial charge is 0.465 e. The van der Waals surface area contributed by atoms with Gasteiger partial charge in [0.15, 0.2) is 0 Å². The zero-order valence-corrected chi connectivity index (χ0v) is 32.3. The highest BCUT2D eigenvalue weighted by molar-refractivity contribution is 5.91. The Morgan fingerprint density at radius 3 is 2.07 bits per heavy atom. The van der Waals surface area contributed by atoms with Crippen LogP contribution in [0, 0.1) is 5.92 Å². The third-order valence-corrected chi connectivity index (χ3v) is 11.1. The van der Waals surface area contributed by atoms with Crippen molar-refractivity contribution in [2.24, 2.45) is 5.92 Å². The molecular weight excluding hydrogens is 713 g/mol. The second-order valence-corrected chi connectivity index (χ2v) is 15.0. The summed E-state index contributed by atoms with van der Waals surface area (Å²) in [7, 11) is 2.72. The van der Waals surface area contributed by atoms with Gasteiger partial charge in [-0.15, -0.1) is 0 Å². The average Bonchev–Trinajstić information content (AvgIpc) is 4.04. The molecule has 2 fully saturated rings. The van der Waals surface area contributed by atoms with Gasteiger partial charge in [-0.2, -0.15) is 0 Å². The molecule has 292 valence electrons. The maximum absolute atomic E-state index is 13.6. The molecule has 4 amide bonds. The van der Waals surface area contributed by atoms with Gasteiger partial charge >= 0.3 is 12.2 Å². The lowest BCUT2D eigenvalue weighted by Gasteiger charge is -2.33. The van der Waals surface area contributed by atoms with Crippen LogP contribution in [-0.4, -0.2) is 103 Å². The van der Waals surface area contributed by atoms with Crippen LogP contribution in [0.5, 0.6) is 0 Å². The predicted octanol–water partition coefficient (Wildman–Crippen LogP) is 6.99. The lowest BCUT2D eigenvalue weighted by molar-refractivity contribution is -0.138. The number of carboxylic acid groups (broad SMARTS) is 1. The molecule has 2 aliphatic heterocycles. The monoisotopic (exact) mass is 760 g/mol. The summed E-state index contributed by atoms with van der Waals surface area (Å²) in [6, 6.07) is 19.0. The minimum absolute atomic E-state index is 0.171. The number of H-pyrrole nitrogens is 2. The molecule has 14 nitrogen and oxygen atoms in total. The number of benzene rings is 3. The summed E-state index contributed by atoms with van der Waals surface area (Å²) < 4.78 is 4.65. The highest BCUT2D eigenvalue weighted by Gasteiger charge is 2.40. The number of alkyl carbamates (subject to hydrolysis) is 1. The first kappa shape index (κ1) is 38.1. The molecule has 2 aliphatic rings. The first-order chi connectivity index (χ1) is 26.9. The van der Waals surface area contributed by atoms with Crippen molar-refractivity contribution in [2.45, 2.75) is 70.6 Å². The van der Waals surface area contributed by atoms with E-state index >= 15 is 0 Å². The molecule has 3 aromatic carbocycles. The Bertz CT molecular complexity index is 2250. The number of methoxy groups -OCH3 is 1. The number of aromatic amines is 2. The summed E-state index contributed by atoms with van der Waals surface area (Å²) >= 11 is 0. The molecule has 4 N–H and O–H groups in total. The smallest absolute Gasteiger partial charge is 0.407 e. The number of ether oxygens (including phenoxy) is 1. The fourth-order valence-electron chi connectivity index (χ4n) is 8.10. The molecule has 4 atom stereocenters. The highest BCUT2D eigenvalue weighted by Crippen LogP contribution is 2.35. The molecule has 4 heterocycles. The van der Waals surface area contributed by atoms with E-state index in [4.69, 9.17) is 4.98 Å². The topological polar surface area (TPSA) is 177 Å². The van der Waals surface area contributed by atoms with Crippen LogP contribution in [0.4, 0.5) is 9.59 Å². The summed E-state index contributed by atoms with van der Waals surface area (Å²) in [5, 5.41) is 14.3. The van der Waals surface area contributed by atoms with E-state index in [9.17, 15) is 24.3 Å². The van der Waals surface area contributed by atoms with Crippen LogP contribution in [0.1, 0.15) is 70.2 Å². The lowest BCUT2D eigenvalue weighted by Crippen LogP contribution is -2.51. The van der Waals surface area contributed by atoms with Gasteiger partial charge in [0.25, 0.3) is 0 Å². The number of carbonyl (C=O) groups is 4. The van der Waals surface area contributed by atoms with E-state index < -0.39 is 24.3 Å². The number of nitrogens with one attached hydrogen (secondary N) is 3. The van der Waals surface area contributed by atoms with Gasteiger partial charge in [-0.1, -0.05) is 62.4 Å². The summed E-state index contributed by atoms with van der Waals surface area (Å²) in [5.41, 5.74) is 5.72. The molecule has 7 rings (SSSR count). The van der Waals surface area contributed by atoms with Gasteiger partial charge in [-0.05, 0) is 72.6 Å². The number of aromatic nitrogens is 4. The van der Waals surface area contributed by atoms with Gasteiger partial charge in [-0.25, -0.2) is 19.6 Å². The van der Waals surface area contributed by atoms with E-state index in [-0.39, 0.29) is 29.8 Å². The van der Waals surface area contributed by atoms with Gasteiger partial charge in [-0.3, -0.25) is 14.5 Å². The van der Waals surface area contributed by atoms with Crippen LogP contribution in [0.25, 0.3) is 44.4 Å². The molecular formula is C42H48N8O6. The van der Waals surface area contributed by atoms with Crippen molar-refractivity contribution >= 4 is 34.8 Å². The molecule has 5 aromatic rings. The number of carbonyl (C=O) groups excluding carboxylic acids is 3. The molecule has 56 heavy (non-hydrogen) atoms. The third kappa shape index (κ3) is 7.55. The Labute approximate surface area is 325 Å². The van der Waals surface area contributed by atoms with Crippen molar-refractivity contribution in [1.82, 2.24) is 40.0 Å². The van der Waals surface area contributed by atoms with E-state index in [2.05, 4.69) is 73.5 Å². The highest BCUT2D eigenvalue weighted by atomic mass is 16.5. The first-order valence-electron chi connectivity index (χ1n) is 19.1. The summed E-state index contributed by atoms with van der Waals surface area (Å²) in [6.07, 6.45) is 5.11. The van der Waals surface area contributed by atoms with Crippen LogP contribution in [0.15, 0.2) is 73.1 Å². The number of rotatable bonds is 10. The zero-order chi connectivity index (χ0) is 39.7. The Hall–Kier alpha value is -6.18. The molecule has 0 unspecified atom stereocenters. The first-order valence-corrected chi connectivity index (χ1v) is 19.1. The minimum Gasteiger partial charge on any atom is -0.465 e. The minimum atomic E-state index is -1.12. The fourth-order valence-corrected chi connectivity index (χ4v) is 8.10. The summed E-state index contributed by atoms with van der Waals surface area (Å²) in [4.78, 5) is 71.1. The van der Waals surface area contributed by atoms with Gasteiger partial charge in [0.2, 0.25) is 11.8 Å². The summed E-state index contributed by atoms with van der Waals surface area (Å²) in [5.74, 6) is 0.882. The van der Waals surface area contributed by atoms with E-state index in [1.54, 1.807) is 22.9 Å². The van der Waals surface area contributed by atoms with Crippen molar-refractivity contribution in [3.05, 3.63) is 84.7 Å². The maximum Gasteiger partial charge on any atom is 0.407 e. The third-order valence-electron chi connectivity index (χ3n) is 11.1. The number of imidazole rings is 2. The van der Waals surface area contributed by atoms with Gasteiger partial charge in [0, 0.05) is 37.5 Å². The van der Waals surface area contributed by atoms with Gasteiger partial charge in [0.05, 0.1) is 36.8 Å². The molecule has 0 saturated carbocycles. The van der Waals surface area contributed by atoms with E-state index in [1.165, 1.54) is 14.2 Å². The van der Waals surface area contributed by atoms with E-state index in [0.29, 0.717) is 18.9 Å². The van der Waals surface area contributed by atoms with E-state index in [1.807, 2.05) is 32.2 Å². The number of nitrogens with zero attached hydrogens (tertiary/aromatic N) is 5. The SMILES string of the molecule is COC(=O)N[C@@H](C)C(=O)N1CCC[C@H]1c1ncc(-c2ccc3cc(-c4ccc(-c5c[nH]c([C@@H]6CCCN6C(=O)[C@H](C(C)C)N(C)C(=O)O)n5)cc4)ccc3c2)[nH]1. The van der Waals surface area contributed by atoms with Crippen LogP contribution >= 0.6 is 0 Å².